The molecule has 0 unspecified atom stereocenters. The fraction of sp³-hybridized carbons (Fsp3) is 0.778. The van der Waals surface area contributed by atoms with Gasteiger partial charge >= 0.3 is 17.9 Å². The summed E-state index contributed by atoms with van der Waals surface area (Å²) in [4.78, 5) is 47.6. The molecule has 0 spiro atoms. The Balaban J connectivity index is 3.59. The molecular weight excluding hydrogens is 604 g/mol. The minimum absolute atomic E-state index is 0.0106. The van der Waals surface area contributed by atoms with E-state index in [9.17, 15) is 19.2 Å². The van der Waals surface area contributed by atoms with Gasteiger partial charge in [-0.3, -0.25) is 24.1 Å². The molecule has 0 aliphatic heterocycles. The monoisotopic (exact) mass is 664 g/mol. The smallest absolute Gasteiger partial charge is 0.320 e. The van der Waals surface area contributed by atoms with Crippen LogP contribution < -0.4 is 5.32 Å². The molecule has 0 rings (SSSR count). The summed E-state index contributed by atoms with van der Waals surface area (Å²) < 4.78 is 21.0. The minimum atomic E-state index is -0.709. The van der Waals surface area contributed by atoms with Gasteiger partial charge in [0.1, 0.15) is 0 Å². The predicted molar refractivity (Wildman–Crippen MR) is 181 cm³/mol. The van der Waals surface area contributed by atoms with E-state index in [4.69, 9.17) is 24.1 Å². The number of hydrogen-bond donors (Lipinski definition) is 2. The number of unbranched alkanes of at least 4 members (excludes halogenated alkanes) is 12. The first-order valence-corrected chi connectivity index (χ1v) is 17.5. The van der Waals surface area contributed by atoms with Crippen LogP contribution in [-0.2, 0) is 38.1 Å². The van der Waals surface area contributed by atoms with Gasteiger partial charge in [0, 0.05) is 38.8 Å². The average molecular weight is 665 g/mol. The van der Waals surface area contributed by atoms with Crippen molar-refractivity contribution in [2.24, 2.45) is 0 Å². The number of nitrogens with zero attached hydrogens (tertiary/aromatic N) is 1. The SMILES string of the molecule is CCOC(=O)CN(CCOCCOCCNC(=O)CCCCCCCCC#CC#CCCCCCCCCC(=O)O)CC(=O)OCC. The zero-order valence-corrected chi connectivity index (χ0v) is 29.0. The molecule has 0 radical (unpaired) electrons. The average Bonchev–Trinajstić information content (AvgIpc) is 3.03. The normalized spacial score (nSPS) is 10.4. The van der Waals surface area contributed by atoms with Crippen molar-refractivity contribution < 1.29 is 43.2 Å². The highest BCUT2D eigenvalue weighted by atomic mass is 16.5. The molecule has 268 valence electrons. The highest BCUT2D eigenvalue weighted by Gasteiger charge is 2.16. The van der Waals surface area contributed by atoms with Crippen molar-refractivity contribution in [2.75, 3.05) is 65.8 Å². The van der Waals surface area contributed by atoms with E-state index < -0.39 is 17.9 Å². The van der Waals surface area contributed by atoms with Gasteiger partial charge < -0.3 is 29.4 Å². The second kappa shape index (κ2) is 34.2. The third kappa shape index (κ3) is 34.0. The van der Waals surface area contributed by atoms with Crippen LogP contribution >= 0.6 is 0 Å². The van der Waals surface area contributed by atoms with Crippen molar-refractivity contribution in [3.8, 4) is 23.7 Å². The molecule has 0 bridgehead atoms. The van der Waals surface area contributed by atoms with Crippen LogP contribution in [0.3, 0.4) is 0 Å². The molecular formula is C36H60N2O9. The largest absolute Gasteiger partial charge is 0.481 e. The van der Waals surface area contributed by atoms with Crippen molar-refractivity contribution in [3.05, 3.63) is 0 Å². The Labute approximate surface area is 283 Å². The van der Waals surface area contributed by atoms with Gasteiger partial charge in [-0.2, -0.15) is 0 Å². The molecule has 0 heterocycles. The minimum Gasteiger partial charge on any atom is -0.481 e. The molecule has 0 aromatic heterocycles. The molecule has 47 heavy (non-hydrogen) atoms. The summed E-state index contributed by atoms with van der Waals surface area (Å²) in [5.41, 5.74) is 0. The van der Waals surface area contributed by atoms with E-state index in [1.165, 1.54) is 0 Å². The van der Waals surface area contributed by atoms with E-state index >= 15 is 0 Å². The Kier molecular flexibility index (Phi) is 31.9. The van der Waals surface area contributed by atoms with Crippen LogP contribution in [0.1, 0.15) is 117 Å². The van der Waals surface area contributed by atoms with Gasteiger partial charge in [0.25, 0.3) is 0 Å². The number of carboxylic acid groups (broad SMARTS) is 1. The van der Waals surface area contributed by atoms with Crippen LogP contribution in [0.25, 0.3) is 0 Å². The molecule has 0 saturated carbocycles. The first kappa shape index (κ1) is 43.9. The van der Waals surface area contributed by atoms with Crippen molar-refractivity contribution in [3.63, 3.8) is 0 Å². The van der Waals surface area contributed by atoms with Gasteiger partial charge in [-0.25, -0.2) is 0 Å². The highest BCUT2D eigenvalue weighted by molar-refractivity contribution is 5.76. The maximum Gasteiger partial charge on any atom is 0.320 e. The maximum atomic E-state index is 12.0. The molecule has 2 N–H and O–H groups in total. The third-order valence-electron chi connectivity index (χ3n) is 6.95. The summed E-state index contributed by atoms with van der Waals surface area (Å²) in [6.07, 6.45) is 15.2. The second-order valence-corrected chi connectivity index (χ2v) is 11.1. The summed E-state index contributed by atoms with van der Waals surface area (Å²) in [5.74, 6) is 10.6. The summed E-state index contributed by atoms with van der Waals surface area (Å²) in [5, 5.41) is 11.5. The first-order valence-electron chi connectivity index (χ1n) is 17.5. The van der Waals surface area contributed by atoms with Gasteiger partial charge in [-0.05, 0) is 51.4 Å². The van der Waals surface area contributed by atoms with Gasteiger partial charge in [-0.1, -0.05) is 63.2 Å². The van der Waals surface area contributed by atoms with E-state index in [1.54, 1.807) is 18.7 Å². The lowest BCUT2D eigenvalue weighted by molar-refractivity contribution is -0.148. The zero-order chi connectivity index (χ0) is 34.6. The number of carboxylic acids is 1. The fourth-order valence-electron chi connectivity index (χ4n) is 4.48. The highest BCUT2D eigenvalue weighted by Crippen LogP contribution is 2.09. The van der Waals surface area contributed by atoms with E-state index in [0.29, 0.717) is 45.9 Å². The Morgan fingerprint density at radius 1 is 0.617 bits per heavy atom. The molecule has 0 aliphatic carbocycles. The lowest BCUT2D eigenvalue weighted by atomic mass is 10.1. The Morgan fingerprint density at radius 3 is 1.60 bits per heavy atom. The molecule has 0 atom stereocenters. The van der Waals surface area contributed by atoms with Crippen LogP contribution in [-0.4, -0.2) is 99.6 Å². The quantitative estimate of drug-likeness (QED) is 0.0598. The molecule has 0 fully saturated rings. The van der Waals surface area contributed by atoms with Gasteiger partial charge in [0.05, 0.1) is 52.7 Å². The van der Waals surface area contributed by atoms with Crippen LogP contribution in [0.5, 0.6) is 0 Å². The molecule has 0 aromatic rings. The van der Waals surface area contributed by atoms with Crippen molar-refractivity contribution in [2.45, 2.75) is 117 Å². The van der Waals surface area contributed by atoms with Gasteiger partial charge in [0.2, 0.25) is 5.91 Å². The van der Waals surface area contributed by atoms with Crippen molar-refractivity contribution >= 4 is 23.8 Å². The van der Waals surface area contributed by atoms with Gasteiger partial charge in [0.15, 0.2) is 0 Å². The van der Waals surface area contributed by atoms with Crippen molar-refractivity contribution in [1.29, 1.82) is 0 Å². The molecule has 0 saturated heterocycles. The number of esters is 2. The summed E-state index contributed by atoms with van der Waals surface area (Å²) in [6, 6.07) is 0. The summed E-state index contributed by atoms with van der Waals surface area (Å²) >= 11 is 0. The lowest BCUT2D eigenvalue weighted by Gasteiger charge is -2.20. The van der Waals surface area contributed by atoms with Crippen molar-refractivity contribution in [1.82, 2.24) is 10.2 Å². The number of carbonyl (C=O) groups excluding carboxylic acids is 3. The standard InChI is InChI=1S/C36H60N2O9/c1-3-46-35(42)31-38(32-36(43)47-4-2)26-28-45-30-29-44-27-25-37-33(39)23-21-19-17-15-13-11-9-7-5-6-8-10-12-14-16-18-20-22-24-34(40)41/h3-4,9-32H2,1-2H3,(H,37,39)(H,40,41). The Morgan fingerprint density at radius 2 is 1.09 bits per heavy atom. The molecule has 0 aliphatic rings. The number of rotatable bonds is 31. The Bertz CT molecular complexity index is 930. The number of amides is 1. The first-order chi connectivity index (χ1) is 22.9. The summed E-state index contributed by atoms with van der Waals surface area (Å²) in [6.45, 7) is 6.30. The zero-order valence-electron chi connectivity index (χ0n) is 29.0. The van der Waals surface area contributed by atoms with E-state index in [0.717, 1.165) is 89.9 Å². The fourth-order valence-corrected chi connectivity index (χ4v) is 4.48. The number of ether oxygens (including phenoxy) is 4. The third-order valence-corrected chi connectivity index (χ3v) is 6.95. The molecule has 11 heteroatoms. The predicted octanol–water partition coefficient (Wildman–Crippen LogP) is 4.90. The van der Waals surface area contributed by atoms with Crippen LogP contribution in [0, 0.1) is 23.7 Å². The topological polar surface area (TPSA) is 141 Å². The molecule has 1 amide bonds. The van der Waals surface area contributed by atoms with Crippen LogP contribution in [0.4, 0.5) is 0 Å². The number of hydrogen-bond acceptors (Lipinski definition) is 9. The van der Waals surface area contributed by atoms with E-state index in [1.807, 2.05) is 0 Å². The second-order valence-electron chi connectivity index (χ2n) is 11.1. The van der Waals surface area contributed by atoms with Gasteiger partial charge in [-0.15, -0.1) is 0 Å². The summed E-state index contributed by atoms with van der Waals surface area (Å²) in [7, 11) is 0. The number of carbonyl (C=O) groups is 4. The maximum absolute atomic E-state index is 12.0. The Hall–Kier alpha value is -3.12. The van der Waals surface area contributed by atoms with Crippen LogP contribution in [0.15, 0.2) is 0 Å². The van der Waals surface area contributed by atoms with E-state index in [-0.39, 0.29) is 38.6 Å². The van der Waals surface area contributed by atoms with Crippen LogP contribution in [0.2, 0.25) is 0 Å². The number of aliphatic carboxylic acids is 1. The van der Waals surface area contributed by atoms with E-state index in [2.05, 4.69) is 29.0 Å². The molecule has 0 aromatic carbocycles. The lowest BCUT2D eigenvalue weighted by Crippen LogP contribution is -2.38. The molecule has 11 nitrogen and oxygen atoms in total. The number of nitrogens with one attached hydrogen (secondary N) is 1.